The van der Waals surface area contributed by atoms with Crippen LogP contribution in [0, 0.1) is 106 Å². The van der Waals surface area contributed by atoms with Crippen LogP contribution in [0.2, 0.25) is 0 Å². The molecule has 12 aromatic rings. The molecular formula is C75H61F3N4. The predicted molar refractivity (Wildman–Crippen MR) is 334 cm³/mol. The lowest BCUT2D eigenvalue weighted by molar-refractivity contribution is -0.137. The third-order valence-electron chi connectivity index (χ3n) is 16.8. The highest BCUT2D eigenvalue weighted by Gasteiger charge is 2.37. The van der Waals surface area contributed by atoms with Crippen molar-refractivity contribution in [1.29, 1.82) is 10.5 Å². The van der Waals surface area contributed by atoms with Crippen molar-refractivity contribution in [2.75, 3.05) is 0 Å². The molecule has 0 aliphatic rings. The summed E-state index contributed by atoms with van der Waals surface area (Å²) in [6.45, 7) is 25.4. The number of hydrogen-bond acceptors (Lipinski definition) is 2. The maximum atomic E-state index is 16.2. The highest BCUT2D eigenvalue weighted by molar-refractivity contribution is 6.15. The van der Waals surface area contributed by atoms with Crippen LogP contribution in [0.25, 0.3) is 111 Å². The molecule has 0 spiro atoms. The van der Waals surface area contributed by atoms with E-state index in [1.807, 2.05) is 9.13 Å². The number of nitriles is 2. The molecule has 0 saturated heterocycles. The maximum absolute atomic E-state index is 16.2. The summed E-state index contributed by atoms with van der Waals surface area (Å²) in [7, 11) is 0. The fraction of sp³-hybridized carbons (Fsp3) is 0.173. The van der Waals surface area contributed by atoms with Crippen LogP contribution >= 0.6 is 0 Å². The van der Waals surface area contributed by atoms with Crippen molar-refractivity contribution < 1.29 is 13.2 Å². The summed E-state index contributed by atoms with van der Waals surface area (Å²) < 4.78 is 52.5. The number of halogens is 3. The van der Waals surface area contributed by atoms with E-state index in [2.05, 4.69) is 217 Å². The van der Waals surface area contributed by atoms with Gasteiger partial charge in [0.1, 0.15) is 0 Å². The minimum Gasteiger partial charge on any atom is -0.308 e. The van der Waals surface area contributed by atoms with Crippen molar-refractivity contribution in [2.24, 2.45) is 0 Å². The third kappa shape index (κ3) is 8.66. The van der Waals surface area contributed by atoms with E-state index < -0.39 is 11.7 Å². The lowest BCUT2D eigenvalue weighted by Crippen LogP contribution is -2.12. The smallest absolute Gasteiger partial charge is 0.308 e. The molecule has 2 heterocycles. The van der Waals surface area contributed by atoms with Gasteiger partial charge in [0, 0.05) is 32.7 Å². The fourth-order valence-corrected chi connectivity index (χ4v) is 14.2. The Morgan fingerprint density at radius 2 is 0.622 bits per heavy atom. The molecule has 12 rings (SSSR count). The molecule has 0 bridgehead atoms. The van der Waals surface area contributed by atoms with E-state index in [0.29, 0.717) is 11.4 Å². The molecule has 402 valence electrons. The van der Waals surface area contributed by atoms with Gasteiger partial charge in [0.25, 0.3) is 0 Å². The monoisotopic (exact) mass is 1070 g/mol. The Morgan fingerprint density at radius 1 is 0.329 bits per heavy atom. The molecule has 2 aromatic heterocycles. The second kappa shape index (κ2) is 19.7. The van der Waals surface area contributed by atoms with Crippen LogP contribution < -0.4 is 0 Å². The zero-order chi connectivity index (χ0) is 58.0. The lowest BCUT2D eigenvalue weighted by Gasteiger charge is -2.24. The van der Waals surface area contributed by atoms with E-state index in [4.69, 9.17) is 0 Å². The highest BCUT2D eigenvalue weighted by Crippen LogP contribution is 2.50. The third-order valence-corrected chi connectivity index (χ3v) is 16.8. The van der Waals surface area contributed by atoms with Crippen molar-refractivity contribution in [3.63, 3.8) is 0 Å². The van der Waals surface area contributed by atoms with Gasteiger partial charge >= 0.3 is 6.18 Å². The van der Waals surface area contributed by atoms with Crippen LogP contribution in [-0.4, -0.2) is 9.13 Å². The van der Waals surface area contributed by atoms with Crippen LogP contribution in [0.4, 0.5) is 13.2 Å². The summed E-state index contributed by atoms with van der Waals surface area (Å²) in [5, 5.41) is 26.0. The predicted octanol–water partition coefficient (Wildman–Crippen LogP) is 20.7. The minimum atomic E-state index is -4.89. The molecule has 0 N–H and O–H groups in total. The van der Waals surface area contributed by atoms with Crippen LogP contribution in [0.15, 0.2) is 152 Å². The number of aryl methyl sites for hydroxylation is 12. The molecule has 0 aliphatic carbocycles. The summed E-state index contributed by atoms with van der Waals surface area (Å²) in [6.07, 6.45) is -4.89. The summed E-state index contributed by atoms with van der Waals surface area (Å²) in [4.78, 5) is 0. The Balaban J connectivity index is 1.26. The first-order valence-corrected chi connectivity index (χ1v) is 27.8. The Morgan fingerprint density at radius 3 is 0.878 bits per heavy atom. The standard InChI is InChI=1S/C75H61F3N4/c1-40-24-44(5)69(45(6)25-40)53-16-20-63-58(34-53)59-35-54(70-46(7)26-41(2)27-47(70)8)17-21-64(59)81(63)67-32-52(38-79)33-68(74(67)73-57(39-80)14-13-15-62(73)75(76,77)78)82-65-22-18-55(71-48(9)28-42(3)29-49(71)10)36-60(65)61-37-56(19-23-66(61)82)72-50(11)30-43(4)31-51(72)12/h13-37H,1-12H3. The van der Waals surface area contributed by atoms with Crippen molar-refractivity contribution in [1.82, 2.24) is 9.13 Å². The summed E-state index contributed by atoms with van der Waals surface area (Å²) in [6, 6.07) is 54.8. The van der Waals surface area contributed by atoms with Gasteiger partial charge in [-0.3, -0.25) is 0 Å². The van der Waals surface area contributed by atoms with Crippen molar-refractivity contribution in [3.8, 4) is 79.1 Å². The van der Waals surface area contributed by atoms with Gasteiger partial charge in [-0.2, -0.15) is 23.7 Å². The van der Waals surface area contributed by atoms with Gasteiger partial charge in [-0.1, -0.05) is 101 Å². The van der Waals surface area contributed by atoms with E-state index in [0.717, 1.165) is 139 Å². The largest absolute Gasteiger partial charge is 0.417 e. The van der Waals surface area contributed by atoms with Gasteiger partial charge in [0.2, 0.25) is 0 Å². The normalized spacial score (nSPS) is 11.8. The molecule has 0 amide bonds. The van der Waals surface area contributed by atoms with Gasteiger partial charge in [0.15, 0.2) is 0 Å². The summed E-state index contributed by atoms with van der Waals surface area (Å²) in [5.41, 5.74) is 24.8. The molecule has 0 fully saturated rings. The van der Waals surface area contributed by atoms with Crippen LogP contribution in [0.5, 0.6) is 0 Å². The van der Waals surface area contributed by atoms with Crippen LogP contribution in [0.1, 0.15) is 83.5 Å². The number of rotatable bonds is 7. The highest BCUT2D eigenvalue weighted by atomic mass is 19.4. The van der Waals surface area contributed by atoms with Gasteiger partial charge in [-0.25, -0.2) is 0 Å². The molecule has 10 aromatic carbocycles. The molecule has 0 saturated carbocycles. The quantitative estimate of drug-likeness (QED) is 0.160. The first kappa shape index (κ1) is 53.2. The average molecular weight is 1080 g/mol. The van der Waals surface area contributed by atoms with E-state index in [-0.39, 0.29) is 22.3 Å². The fourth-order valence-electron chi connectivity index (χ4n) is 14.2. The van der Waals surface area contributed by atoms with Gasteiger partial charge in [-0.05, 0) is 245 Å². The van der Waals surface area contributed by atoms with Gasteiger partial charge in [-0.15, -0.1) is 0 Å². The first-order valence-electron chi connectivity index (χ1n) is 27.8. The SMILES string of the molecule is Cc1cc(C)c(-c2ccc3c(c2)c2cc(-c4c(C)cc(C)cc4C)ccc2n3-c2cc(C#N)cc(-n3c4ccc(-c5c(C)cc(C)cc5C)cc4c4cc(-c5c(C)cc(C)cc5C)ccc43)c2-c2c(C#N)cccc2C(F)(F)F)c(C)c1. The van der Waals surface area contributed by atoms with Crippen molar-refractivity contribution >= 4 is 43.6 Å². The number of aromatic nitrogens is 2. The first-order chi connectivity index (χ1) is 39.1. The molecule has 0 aliphatic heterocycles. The maximum Gasteiger partial charge on any atom is 0.417 e. The van der Waals surface area contributed by atoms with Crippen molar-refractivity contribution in [3.05, 3.63) is 235 Å². The Kier molecular flexibility index (Phi) is 12.8. The molecule has 82 heavy (non-hydrogen) atoms. The van der Waals surface area contributed by atoms with Crippen molar-refractivity contribution in [2.45, 2.75) is 89.3 Å². The minimum absolute atomic E-state index is 0.149. The molecule has 7 heteroatoms. The van der Waals surface area contributed by atoms with Gasteiger partial charge in [0.05, 0.1) is 62.3 Å². The molecule has 0 radical (unpaired) electrons. The van der Waals surface area contributed by atoms with Crippen LogP contribution in [0.3, 0.4) is 0 Å². The second-order valence-electron chi connectivity index (χ2n) is 23.0. The number of fused-ring (bicyclic) bond motifs is 6. The van der Waals surface area contributed by atoms with Crippen LogP contribution in [-0.2, 0) is 6.18 Å². The van der Waals surface area contributed by atoms with E-state index >= 15 is 13.2 Å². The summed E-state index contributed by atoms with van der Waals surface area (Å²) >= 11 is 0. The zero-order valence-electron chi connectivity index (χ0n) is 48.4. The number of hydrogen-bond donors (Lipinski definition) is 0. The average Bonchev–Trinajstić information content (AvgIpc) is 2.88. The molecule has 0 unspecified atom stereocenters. The lowest BCUT2D eigenvalue weighted by atomic mass is 9.90. The summed E-state index contributed by atoms with van der Waals surface area (Å²) in [5.74, 6) is 0. The number of alkyl halides is 3. The van der Waals surface area contributed by atoms with E-state index in [1.165, 1.54) is 34.4 Å². The number of benzene rings is 10. The van der Waals surface area contributed by atoms with E-state index in [9.17, 15) is 10.5 Å². The molecule has 0 atom stereocenters. The van der Waals surface area contributed by atoms with E-state index in [1.54, 1.807) is 12.1 Å². The molecule has 4 nitrogen and oxygen atoms in total. The number of nitrogens with zero attached hydrogens (tertiary/aromatic N) is 4. The van der Waals surface area contributed by atoms with Gasteiger partial charge < -0.3 is 9.13 Å². The zero-order valence-corrected chi connectivity index (χ0v) is 48.4. The topological polar surface area (TPSA) is 57.4 Å². The Hall–Kier alpha value is -9.43. The molecular weight excluding hydrogens is 1010 g/mol. The Bertz CT molecular complexity index is 4250. The Labute approximate surface area is 477 Å². The second-order valence-corrected chi connectivity index (χ2v) is 23.0.